The highest BCUT2D eigenvalue weighted by Crippen LogP contribution is 2.14. The summed E-state index contributed by atoms with van der Waals surface area (Å²) in [5.74, 6) is -2.01. The van der Waals surface area contributed by atoms with Crippen LogP contribution >= 0.6 is 0 Å². The van der Waals surface area contributed by atoms with Gasteiger partial charge in [-0.25, -0.2) is 0 Å². The summed E-state index contributed by atoms with van der Waals surface area (Å²) in [5, 5.41) is 0. The fourth-order valence-electron chi connectivity index (χ4n) is 0.822. The van der Waals surface area contributed by atoms with Crippen LogP contribution in [-0.4, -0.2) is 34.1 Å². The number of carbonyl (C=O) groups excluding carboxylic acids is 3. The molecule has 0 amide bonds. The zero-order chi connectivity index (χ0) is 14.2. The SMILES string of the molecule is CCC(=O)O[Si](OC)(OC(=O)CC)OC(=O)CC. The van der Waals surface area contributed by atoms with Gasteiger partial charge < -0.3 is 17.7 Å². The van der Waals surface area contributed by atoms with Gasteiger partial charge in [-0.1, -0.05) is 20.8 Å². The van der Waals surface area contributed by atoms with E-state index in [1.165, 1.54) is 0 Å². The lowest BCUT2D eigenvalue weighted by Gasteiger charge is -2.23. The van der Waals surface area contributed by atoms with Gasteiger partial charge in [0.05, 0.1) is 0 Å². The Labute approximate surface area is 107 Å². The topological polar surface area (TPSA) is 88.1 Å². The average molecular weight is 278 g/mol. The maximum absolute atomic E-state index is 11.3. The number of rotatable bonds is 7. The molecule has 8 heteroatoms. The molecule has 0 atom stereocenters. The van der Waals surface area contributed by atoms with Crippen LogP contribution in [0.5, 0.6) is 0 Å². The van der Waals surface area contributed by atoms with E-state index < -0.39 is 27.0 Å². The molecule has 0 radical (unpaired) electrons. The lowest BCUT2D eigenvalue weighted by Crippen LogP contribution is -2.52. The minimum absolute atomic E-state index is 0.0471. The first-order valence-electron chi connectivity index (χ1n) is 5.63. The number of hydrogen-bond acceptors (Lipinski definition) is 7. The van der Waals surface area contributed by atoms with Crippen LogP contribution in [0.2, 0.25) is 0 Å². The fourth-order valence-corrected chi connectivity index (χ4v) is 2.47. The Kier molecular flexibility index (Phi) is 7.21. The van der Waals surface area contributed by atoms with E-state index in [9.17, 15) is 14.4 Å². The molecule has 0 bridgehead atoms. The largest absolute Gasteiger partial charge is 0.898 e. The number of carbonyl (C=O) groups is 3. The molecule has 0 unspecified atom stereocenters. The molecule has 18 heavy (non-hydrogen) atoms. The zero-order valence-corrected chi connectivity index (χ0v) is 12.0. The van der Waals surface area contributed by atoms with Crippen molar-refractivity contribution in [2.75, 3.05) is 7.11 Å². The van der Waals surface area contributed by atoms with Gasteiger partial charge in [-0.15, -0.1) is 0 Å². The van der Waals surface area contributed by atoms with E-state index in [-0.39, 0.29) is 19.3 Å². The summed E-state index contributed by atoms with van der Waals surface area (Å²) >= 11 is 0. The molecule has 0 N–H and O–H groups in total. The van der Waals surface area contributed by atoms with Crippen LogP contribution in [0.3, 0.4) is 0 Å². The Balaban J connectivity index is 4.98. The van der Waals surface area contributed by atoms with Crippen molar-refractivity contribution in [1.29, 1.82) is 0 Å². The molecular weight excluding hydrogens is 260 g/mol. The van der Waals surface area contributed by atoms with E-state index in [4.69, 9.17) is 17.7 Å². The summed E-state index contributed by atoms with van der Waals surface area (Å²) in [4.78, 5) is 33.8. The third-order valence-corrected chi connectivity index (χ3v) is 3.77. The van der Waals surface area contributed by atoms with Crippen molar-refractivity contribution in [3.8, 4) is 0 Å². The monoisotopic (exact) mass is 278 g/mol. The Morgan fingerprint density at radius 2 is 1.06 bits per heavy atom. The summed E-state index contributed by atoms with van der Waals surface area (Å²) in [6.45, 7) is 4.67. The third kappa shape index (κ3) is 5.28. The van der Waals surface area contributed by atoms with Crippen LogP contribution in [0.25, 0.3) is 0 Å². The van der Waals surface area contributed by atoms with Crippen LogP contribution in [0, 0.1) is 0 Å². The minimum Gasteiger partial charge on any atom is -0.433 e. The molecule has 0 saturated carbocycles. The van der Waals surface area contributed by atoms with E-state index in [1.54, 1.807) is 20.8 Å². The van der Waals surface area contributed by atoms with E-state index in [0.29, 0.717) is 0 Å². The normalized spacial score (nSPS) is 10.7. The van der Waals surface area contributed by atoms with Crippen molar-refractivity contribution in [1.82, 2.24) is 0 Å². The molecular formula is C10H18O7Si. The van der Waals surface area contributed by atoms with E-state index in [2.05, 4.69) is 0 Å². The van der Waals surface area contributed by atoms with Gasteiger partial charge in [0.15, 0.2) is 0 Å². The van der Waals surface area contributed by atoms with Gasteiger partial charge >= 0.3 is 9.05 Å². The Morgan fingerprint density at radius 1 is 0.778 bits per heavy atom. The molecule has 0 aliphatic heterocycles. The highest BCUT2D eigenvalue weighted by atomic mass is 28.4. The second-order valence-corrected chi connectivity index (χ2v) is 5.21. The van der Waals surface area contributed by atoms with Crippen molar-refractivity contribution < 1.29 is 32.1 Å². The van der Waals surface area contributed by atoms with E-state index >= 15 is 0 Å². The average Bonchev–Trinajstić information content (AvgIpc) is 2.37. The predicted molar refractivity (Wildman–Crippen MR) is 61.9 cm³/mol. The summed E-state index contributed by atoms with van der Waals surface area (Å²) in [6.07, 6.45) is 0.141. The molecule has 0 aliphatic carbocycles. The third-order valence-electron chi connectivity index (χ3n) is 1.83. The zero-order valence-electron chi connectivity index (χ0n) is 11.0. The summed E-state index contributed by atoms with van der Waals surface area (Å²) < 4.78 is 19.5. The van der Waals surface area contributed by atoms with Gasteiger partial charge in [0.1, 0.15) is 0 Å². The molecule has 0 heterocycles. The lowest BCUT2D eigenvalue weighted by molar-refractivity contribution is -0.157. The Hall–Kier alpha value is -1.41. The van der Waals surface area contributed by atoms with Crippen molar-refractivity contribution in [3.63, 3.8) is 0 Å². The molecule has 0 rings (SSSR count). The maximum atomic E-state index is 11.3. The predicted octanol–water partition coefficient (Wildman–Crippen LogP) is 0.928. The first-order chi connectivity index (χ1) is 8.42. The van der Waals surface area contributed by atoms with Crippen LogP contribution in [0.1, 0.15) is 40.0 Å². The van der Waals surface area contributed by atoms with Gasteiger partial charge in [0.25, 0.3) is 17.9 Å². The van der Waals surface area contributed by atoms with Gasteiger partial charge in [-0.3, -0.25) is 14.4 Å². The van der Waals surface area contributed by atoms with Gasteiger partial charge in [0, 0.05) is 26.4 Å². The highest BCUT2D eigenvalue weighted by molar-refractivity contribution is 6.59. The second-order valence-electron chi connectivity index (χ2n) is 3.19. The molecule has 104 valence electrons. The highest BCUT2D eigenvalue weighted by Gasteiger charge is 2.57. The molecule has 0 spiro atoms. The van der Waals surface area contributed by atoms with Crippen LogP contribution in [0.15, 0.2) is 0 Å². The van der Waals surface area contributed by atoms with Crippen LogP contribution < -0.4 is 0 Å². The summed E-state index contributed by atoms with van der Waals surface area (Å²) in [5.41, 5.74) is 0. The second kappa shape index (κ2) is 7.83. The standard InChI is InChI=1S/C10H18O7Si/c1-5-8(11)15-18(14-4,16-9(12)6-2)17-10(13)7-3/h5-7H2,1-4H3. The molecule has 0 aromatic heterocycles. The quantitative estimate of drug-likeness (QED) is 0.640. The van der Waals surface area contributed by atoms with Crippen LogP contribution in [0.4, 0.5) is 0 Å². The first kappa shape index (κ1) is 16.6. The van der Waals surface area contributed by atoms with Gasteiger partial charge in [-0.2, -0.15) is 0 Å². The molecule has 0 fully saturated rings. The summed E-state index contributed by atoms with van der Waals surface area (Å²) in [6, 6.07) is 0. The Bertz CT molecular complexity index is 270. The van der Waals surface area contributed by atoms with Crippen molar-refractivity contribution in [3.05, 3.63) is 0 Å². The Morgan fingerprint density at radius 3 is 1.22 bits per heavy atom. The fraction of sp³-hybridized carbons (Fsp3) is 0.700. The molecule has 0 saturated heterocycles. The van der Waals surface area contributed by atoms with Crippen LogP contribution in [-0.2, 0) is 32.1 Å². The first-order valence-corrected chi connectivity index (χ1v) is 7.26. The van der Waals surface area contributed by atoms with E-state index in [1.807, 2.05) is 0 Å². The summed E-state index contributed by atoms with van der Waals surface area (Å²) in [7, 11) is -2.92. The maximum Gasteiger partial charge on any atom is 0.898 e. The molecule has 0 aliphatic rings. The van der Waals surface area contributed by atoms with Crippen molar-refractivity contribution in [2.45, 2.75) is 40.0 Å². The molecule has 7 nitrogen and oxygen atoms in total. The molecule has 0 aromatic carbocycles. The lowest BCUT2D eigenvalue weighted by atomic mass is 10.5. The van der Waals surface area contributed by atoms with Crippen molar-refractivity contribution >= 4 is 27.0 Å². The van der Waals surface area contributed by atoms with Crippen molar-refractivity contribution in [2.24, 2.45) is 0 Å². The van der Waals surface area contributed by atoms with Gasteiger partial charge in [0.2, 0.25) is 0 Å². The van der Waals surface area contributed by atoms with E-state index in [0.717, 1.165) is 7.11 Å². The molecule has 0 aromatic rings. The van der Waals surface area contributed by atoms with Gasteiger partial charge in [-0.05, 0) is 0 Å². The minimum atomic E-state index is -4.07. The smallest absolute Gasteiger partial charge is 0.433 e. The number of hydrogen-bond donors (Lipinski definition) is 0.